The van der Waals surface area contributed by atoms with Gasteiger partial charge in [0, 0.05) is 17.0 Å². The topological polar surface area (TPSA) is 94.4 Å². The van der Waals surface area contributed by atoms with Crippen molar-refractivity contribution in [3.05, 3.63) is 55.6 Å². The minimum absolute atomic E-state index is 0.0519. The number of aromatic nitrogens is 1. The van der Waals surface area contributed by atoms with E-state index in [0.717, 1.165) is 16.9 Å². The van der Waals surface area contributed by atoms with Crippen LogP contribution in [-0.2, 0) is 0 Å². The van der Waals surface area contributed by atoms with E-state index in [1.165, 1.54) is 17.4 Å². The third-order valence-electron chi connectivity index (χ3n) is 3.42. The van der Waals surface area contributed by atoms with Crippen molar-refractivity contribution in [3.63, 3.8) is 0 Å². The second-order valence-electron chi connectivity index (χ2n) is 5.00. The van der Waals surface area contributed by atoms with Crippen LogP contribution in [0.1, 0.15) is 14.5 Å². The Balaban J connectivity index is 1.80. The number of methoxy groups -OCH3 is 1. The number of rotatable bonds is 5. The van der Waals surface area contributed by atoms with Crippen LogP contribution in [0.15, 0.2) is 35.7 Å². The molecule has 0 saturated heterocycles. The van der Waals surface area contributed by atoms with Gasteiger partial charge in [0.2, 0.25) is 0 Å². The summed E-state index contributed by atoms with van der Waals surface area (Å²) in [5.74, 6) is 0.275. The fraction of sp³-hybridized carbons (Fsp3) is 0.125. The lowest BCUT2D eigenvalue weighted by atomic mass is 10.1. The Labute approximate surface area is 151 Å². The van der Waals surface area contributed by atoms with E-state index in [1.807, 2.05) is 29.6 Å². The number of carbonyl (C=O) groups excluding carboxylic acids is 1. The summed E-state index contributed by atoms with van der Waals surface area (Å²) < 4.78 is 5.31. The quantitative estimate of drug-likeness (QED) is 0.528. The van der Waals surface area contributed by atoms with Crippen molar-refractivity contribution in [2.24, 2.45) is 0 Å². The number of hydrogen-bond acceptors (Lipinski definition) is 7. The molecule has 0 fully saturated rings. The van der Waals surface area contributed by atoms with Crippen LogP contribution >= 0.6 is 22.7 Å². The molecule has 1 amide bonds. The minimum atomic E-state index is -0.494. The monoisotopic (exact) mass is 375 g/mol. The molecule has 3 aromatic rings. The Morgan fingerprint density at radius 3 is 2.80 bits per heavy atom. The molecule has 0 radical (unpaired) electrons. The highest BCUT2D eigenvalue weighted by Crippen LogP contribution is 2.33. The zero-order valence-corrected chi connectivity index (χ0v) is 14.9. The maximum Gasteiger partial charge on any atom is 0.283 e. The number of ether oxygens (including phenoxy) is 1. The number of anilines is 1. The number of nitro groups is 1. The van der Waals surface area contributed by atoms with E-state index in [2.05, 4.69) is 10.3 Å². The van der Waals surface area contributed by atoms with Crippen LogP contribution in [0.25, 0.3) is 11.3 Å². The molecule has 9 heteroatoms. The molecule has 25 heavy (non-hydrogen) atoms. The van der Waals surface area contributed by atoms with Crippen LogP contribution in [0.3, 0.4) is 0 Å². The molecule has 0 atom stereocenters. The van der Waals surface area contributed by atoms with Crippen molar-refractivity contribution in [3.8, 4) is 17.0 Å². The van der Waals surface area contributed by atoms with E-state index < -0.39 is 10.8 Å². The second kappa shape index (κ2) is 6.99. The first-order valence-corrected chi connectivity index (χ1v) is 8.84. The summed E-state index contributed by atoms with van der Waals surface area (Å²) in [5.41, 5.74) is 1.46. The highest BCUT2D eigenvalue weighted by molar-refractivity contribution is 7.15. The highest BCUT2D eigenvalue weighted by atomic mass is 32.1. The van der Waals surface area contributed by atoms with Gasteiger partial charge in [-0.1, -0.05) is 12.1 Å². The molecule has 0 unspecified atom stereocenters. The lowest BCUT2D eigenvalue weighted by Gasteiger charge is -2.04. The maximum absolute atomic E-state index is 12.3. The number of thiophene rings is 1. The van der Waals surface area contributed by atoms with Crippen molar-refractivity contribution in [1.29, 1.82) is 0 Å². The summed E-state index contributed by atoms with van der Waals surface area (Å²) in [5, 5.41) is 15.8. The summed E-state index contributed by atoms with van der Waals surface area (Å²) in [6.07, 6.45) is 0. The number of nitrogens with zero attached hydrogens (tertiary/aromatic N) is 2. The van der Waals surface area contributed by atoms with E-state index in [9.17, 15) is 14.9 Å². The molecule has 1 aromatic carbocycles. The van der Waals surface area contributed by atoms with Gasteiger partial charge in [-0.3, -0.25) is 20.2 Å². The predicted molar refractivity (Wildman–Crippen MR) is 97.8 cm³/mol. The zero-order valence-electron chi connectivity index (χ0n) is 13.3. The number of carbonyl (C=O) groups is 1. The normalized spacial score (nSPS) is 10.5. The first-order chi connectivity index (χ1) is 12.0. The van der Waals surface area contributed by atoms with Gasteiger partial charge >= 0.3 is 0 Å². The van der Waals surface area contributed by atoms with E-state index in [-0.39, 0.29) is 10.6 Å². The van der Waals surface area contributed by atoms with Crippen molar-refractivity contribution in [2.75, 3.05) is 12.4 Å². The SMILES string of the molecule is COc1ccccc1-c1csc(NC(=O)c2cc([N+](=O)[O-])c(C)s2)n1. The standard InChI is InChI=1S/C16H13N3O4S2/c1-9-12(19(21)22)7-14(25-9)15(20)18-16-17-11(8-24-16)10-5-3-4-6-13(10)23-2/h3-8H,1-2H3,(H,17,18,20). The Morgan fingerprint density at radius 2 is 2.12 bits per heavy atom. The Bertz CT molecular complexity index is 949. The number of aryl methyl sites for hydroxylation is 1. The van der Waals surface area contributed by atoms with Crippen molar-refractivity contribution in [2.45, 2.75) is 6.92 Å². The molecule has 0 bridgehead atoms. The van der Waals surface area contributed by atoms with E-state index in [0.29, 0.717) is 21.5 Å². The van der Waals surface area contributed by atoms with Gasteiger partial charge in [0.25, 0.3) is 11.6 Å². The van der Waals surface area contributed by atoms with Crippen molar-refractivity contribution >= 4 is 39.4 Å². The summed E-state index contributed by atoms with van der Waals surface area (Å²) in [6.45, 7) is 1.61. The van der Waals surface area contributed by atoms with Crippen LogP contribution in [0.4, 0.5) is 10.8 Å². The molecular weight excluding hydrogens is 362 g/mol. The van der Waals surface area contributed by atoms with E-state index in [4.69, 9.17) is 4.74 Å². The fourth-order valence-corrected chi connectivity index (χ4v) is 3.82. The number of nitrogens with one attached hydrogen (secondary N) is 1. The Hall–Kier alpha value is -2.78. The van der Waals surface area contributed by atoms with Crippen LogP contribution in [-0.4, -0.2) is 22.9 Å². The van der Waals surface area contributed by atoms with Crippen LogP contribution < -0.4 is 10.1 Å². The van der Waals surface area contributed by atoms with Gasteiger partial charge in [-0.2, -0.15) is 0 Å². The molecule has 7 nitrogen and oxygen atoms in total. The number of benzene rings is 1. The van der Waals surface area contributed by atoms with Gasteiger partial charge < -0.3 is 4.74 Å². The lowest BCUT2D eigenvalue weighted by Crippen LogP contribution is -2.09. The van der Waals surface area contributed by atoms with Gasteiger partial charge in [-0.15, -0.1) is 22.7 Å². The van der Waals surface area contributed by atoms with Crippen LogP contribution in [0.2, 0.25) is 0 Å². The first-order valence-electron chi connectivity index (χ1n) is 7.14. The largest absolute Gasteiger partial charge is 0.496 e. The number of thiazole rings is 1. The summed E-state index contributed by atoms with van der Waals surface area (Å²) in [7, 11) is 1.58. The average molecular weight is 375 g/mol. The molecule has 2 heterocycles. The molecular formula is C16H13N3O4S2. The van der Waals surface area contributed by atoms with E-state index >= 15 is 0 Å². The van der Waals surface area contributed by atoms with Crippen molar-refractivity contribution < 1.29 is 14.5 Å². The number of amides is 1. The lowest BCUT2D eigenvalue weighted by molar-refractivity contribution is -0.385. The Morgan fingerprint density at radius 1 is 1.36 bits per heavy atom. The second-order valence-corrected chi connectivity index (χ2v) is 7.12. The first kappa shape index (κ1) is 17.1. The minimum Gasteiger partial charge on any atom is -0.496 e. The van der Waals surface area contributed by atoms with E-state index in [1.54, 1.807) is 14.0 Å². The molecule has 3 rings (SSSR count). The summed E-state index contributed by atoms with van der Waals surface area (Å²) in [6, 6.07) is 8.74. The van der Waals surface area contributed by atoms with Crippen LogP contribution in [0.5, 0.6) is 5.75 Å². The third kappa shape index (κ3) is 3.52. The van der Waals surface area contributed by atoms with Crippen molar-refractivity contribution in [1.82, 2.24) is 4.98 Å². The summed E-state index contributed by atoms with van der Waals surface area (Å²) >= 11 is 2.36. The Kier molecular flexibility index (Phi) is 4.77. The van der Waals surface area contributed by atoms with Gasteiger partial charge in [0.1, 0.15) is 5.75 Å². The molecule has 128 valence electrons. The zero-order chi connectivity index (χ0) is 18.0. The third-order valence-corrected chi connectivity index (χ3v) is 5.22. The molecule has 1 N–H and O–H groups in total. The fourth-order valence-electron chi connectivity index (χ4n) is 2.24. The van der Waals surface area contributed by atoms with Gasteiger partial charge in [0.15, 0.2) is 5.13 Å². The number of hydrogen-bond donors (Lipinski definition) is 1. The molecule has 0 spiro atoms. The molecule has 0 aliphatic carbocycles. The molecule has 2 aromatic heterocycles. The van der Waals surface area contributed by atoms with Gasteiger partial charge in [0.05, 0.1) is 27.5 Å². The summed E-state index contributed by atoms with van der Waals surface area (Å²) in [4.78, 5) is 27.9. The van der Waals surface area contributed by atoms with Gasteiger partial charge in [-0.25, -0.2) is 4.98 Å². The highest BCUT2D eigenvalue weighted by Gasteiger charge is 2.20. The van der Waals surface area contributed by atoms with Gasteiger partial charge in [-0.05, 0) is 19.1 Å². The molecule has 0 saturated carbocycles. The number of para-hydroxylation sites is 1. The predicted octanol–water partition coefficient (Wildman–Crippen LogP) is 4.35. The van der Waals surface area contributed by atoms with Crippen LogP contribution in [0, 0.1) is 17.0 Å². The molecule has 0 aliphatic heterocycles. The smallest absolute Gasteiger partial charge is 0.283 e. The maximum atomic E-state index is 12.3. The average Bonchev–Trinajstić information content (AvgIpc) is 3.21. The molecule has 0 aliphatic rings.